The van der Waals surface area contributed by atoms with E-state index >= 15 is 0 Å². The quantitative estimate of drug-likeness (QED) is 0.905. The second kappa shape index (κ2) is 5.91. The first-order chi connectivity index (χ1) is 9.83. The standard InChI is InChI=1S/C16H18FN3O/c1-16(2,3)20-13-8-9-14(18-10-13)19-15(21)11-4-6-12(17)7-5-11/h4-10,20H,1-3H3,(H,18,19,21). The van der Waals surface area contributed by atoms with Crippen LogP contribution in [0.1, 0.15) is 31.1 Å². The topological polar surface area (TPSA) is 54.0 Å². The Morgan fingerprint density at radius 2 is 1.76 bits per heavy atom. The largest absolute Gasteiger partial charge is 0.379 e. The molecule has 0 radical (unpaired) electrons. The van der Waals surface area contributed by atoms with E-state index in [1.807, 2.05) is 6.07 Å². The molecule has 0 saturated heterocycles. The molecule has 0 atom stereocenters. The molecule has 2 rings (SSSR count). The van der Waals surface area contributed by atoms with Gasteiger partial charge in [-0.2, -0.15) is 0 Å². The van der Waals surface area contributed by atoms with Gasteiger partial charge in [-0.1, -0.05) is 0 Å². The van der Waals surface area contributed by atoms with Gasteiger partial charge in [-0.15, -0.1) is 0 Å². The van der Waals surface area contributed by atoms with Crippen LogP contribution >= 0.6 is 0 Å². The number of pyridine rings is 1. The van der Waals surface area contributed by atoms with Gasteiger partial charge in [-0.25, -0.2) is 9.37 Å². The summed E-state index contributed by atoms with van der Waals surface area (Å²) in [5, 5.41) is 5.95. The second-order valence-corrected chi connectivity index (χ2v) is 5.77. The fraction of sp³-hybridized carbons (Fsp3) is 0.250. The minimum absolute atomic E-state index is 0.0550. The zero-order chi connectivity index (χ0) is 15.5. The first kappa shape index (κ1) is 15.0. The van der Waals surface area contributed by atoms with Crippen molar-refractivity contribution in [2.45, 2.75) is 26.3 Å². The van der Waals surface area contributed by atoms with Crippen molar-refractivity contribution < 1.29 is 9.18 Å². The predicted molar refractivity (Wildman–Crippen MR) is 82.0 cm³/mol. The third kappa shape index (κ3) is 4.56. The van der Waals surface area contributed by atoms with Crippen LogP contribution in [0.15, 0.2) is 42.6 Å². The van der Waals surface area contributed by atoms with Gasteiger partial charge in [0.25, 0.3) is 5.91 Å². The van der Waals surface area contributed by atoms with Gasteiger partial charge in [0.15, 0.2) is 0 Å². The molecule has 1 aromatic heterocycles. The average molecular weight is 287 g/mol. The molecule has 0 aliphatic carbocycles. The SMILES string of the molecule is CC(C)(C)Nc1ccc(NC(=O)c2ccc(F)cc2)nc1. The lowest BCUT2D eigenvalue weighted by Gasteiger charge is -2.21. The minimum Gasteiger partial charge on any atom is -0.379 e. The molecule has 21 heavy (non-hydrogen) atoms. The van der Waals surface area contributed by atoms with E-state index in [-0.39, 0.29) is 17.3 Å². The molecule has 0 aliphatic heterocycles. The first-order valence-electron chi connectivity index (χ1n) is 6.65. The molecule has 2 N–H and O–H groups in total. The molecule has 2 aromatic rings. The molecule has 0 spiro atoms. The highest BCUT2D eigenvalue weighted by molar-refractivity contribution is 6.03. The normalized spacial score (nSPS) is 11.0. The molecule has 1 heterocycles. The van der Waals surface area contributed by atoms with Crippen LogP contribution < -0.4 is 10.6 Å². The van der Waals surface area contributed by atoms with E-state index in [2.05, 4.69) is 36.4 Å². The van der Waals surface area contributed by atoms with Gasteiger partial charge in [0.1, 0.15) is 11.6 Å². The third-order valence-corrected chi connectivity index (χ3v) is 2.63. The number of aromatic nitrogens is 1. The molecule has 0 aliphatic rings. The summed E-state index contributed by atoms with van der Waals surface area (Å²) < 4.78 is 12.8. The molecule has 0 bridgehead atoms. The van der Waals surface area contributed by atoms with Gasteiger partial charge in [0.2, 0.25) is 0 Å². The summed E-state index contributed by atoms with van der Waals surface area (Å²) in [6.45, 7) is 6.16. The van der Waals surface area contributed by atoms with Crippen LogP contribution in [0.2, 0.25) is 0 Å². The molecule has 4 nitrogen and oxygen atoms in total. The number of hydrogen-bond donors (Lipinski definition) is 2. The summed E-state index contributed by atoms with van der Waals surface area (Å²) in [4.78, 5) is 16.1. The number of rotatable bonds is 3. The number of halogens is 1. The maximum Gasteiger partial charge on any atom is 0.256 e. The Kier molecular flexibility index (Phi) is 4.21. The van der Waals surface area contributed by atoms with Gasteiger partial charge >= 0.3 is 0 Å². The summed E-state index contributed by atoms with van der Waals surface area (Å²) in [7, 11) is 0. The average Bonchev–Trinajstić information content (AvgIpc) is 2.40. The summed E-state index contributed by atoms with van der Waals surface area (Å²) in [5.74, 6) is -0.245. The Morgan fingerprint density at radius 3 is 2.29 bits per heavy atom. The predicted octanol–water partition coefficient (Wildman–Crippen LogP) is 3.68. The molecule has 5 heteroatoms. The van der Waals surface area contributed by atoms with Crippen LogP contribution in [-0.2, 0) is 0 Å². The van der Waals surface area contributed by atoms with Gasteiger partial charge in [0, 0.05) is 11.1 Å². The Labute approximate surface area is 123 Å². The second-order valence-electron chi connectivity index (χ2n) is 5.77. The Bertz CT molecular complexity index is 615. The fourth-order valence-electron chi connectivity index (χ4n) is 1.76. The first-order valence-corrected chi connectivity index (χ1v) is 6.65. The highest BCUT2D eigenvalue weighted by Crippen LogP contribution is 2.15. The third-order valence-electron chi connectivity index (χ3n) is 2.63. The van der Waals surface area contributed by atoms with Crippen LogP contribution in [0.25, 0.3) is 0 Å². The molecule has 1 amide bonds. The highest BCUT2D eigenvalue weighted by atomic mass is 19.1. The summed E-state index contributed by atoms with van der Waals surface area (Å²) in [5.41, 5.74) is 1.21. The number of carbonyl (C=O) groups is 1. The van der Waals surface area contributed by atoms with Crippen molar-refractivity contribution in [1.29, 1.82) is 0 Å². The zero-order valence-corrected chi connectivity index (χ0v) is 12.3. The van der Waals surface area contributed by atoms with Crippen LogP contribution in [0.3, 0.4) is 0 Å². The molecule has 0 unspecified atom stereocenters. The number of carbonyl (C=O) groups excluding carboxylic acids is 1. The van der Waals surface area contributed by atoms with Crippen molar-refractivity contribution in [1.82, 2.24) is 4.98 Å². The van der Waals surface area contributed by atoms with Crippen molar-refractivity contribution in [3.05, 3.63) is 54.0 Å². The van der Waals surface area contributed by atoms with Gasteiger partial charge in [-0.05, 0) is 57.2 Å². The van der Waals surface area contributed by atoms with E-state index in [0.717, 1.165) is 5.69 Å². The van der Waals surface area contributed by atoms with E-state index in [0.29, 0.717) is 11.4 Å². The molecule has 110 valence electrons. The molecule has 0 saturated carbocycles. The maximum atomic E-state index is 12.8. The van der Waals surface area contributed by atoms with E-state index in [1.165, 1.54) is 24.3 Å². The van der Waals surface area contributed by atoms with Crippen LogP contribution in [-0.4, -0.2) is 16.4 Å². The van der Waals surface area contributed by atoms with E-state index in [9.17, 15) is 9.18 Å². The Balaban J connectivity index is 2.03. The van der Waals surface area contributed by atoms with E-state index < -0.39 is 0 Å². The number of benzene rings is 1. The smallest absolute Gasteiger partial charge is 0.256 e. The van der Waals surface area contributed by atoms with Gasteiger partial charge in [-0.3, -0.25) is 4.79 Å². The van der Waals surface area contributed by atoms with Crippen molar-refractivity contribution in [2.24, 2.45) is 0 Å². The van der Waals surface area contributed by atoms with Crippen LogP contribution in [0, 0.1) is 5.82 Å². The van der Waals surface area contributed by atoms with Gasteiger partial charge in [0.05, 0.1) is 11.9 Å². The number of nitrogens with one attached hydrogen (secondary N) is 2. The lowest BCUT2D eigenvalue weighted by Crippen LogP contribution is -2.26. The monoisotopic (exact) mass is 287 g/mol. The van der Waals surface area contributed by atoms with Crippen LogP contribution in [0.4, 0.5) is 15.9 Å². The lowest BCUT2D eigenvalue weighted by molar-refractivity contribution is 0.102. The molecule has 0 fully saturated rings. The van der Waals surface area contributed by atoms with Crippen molar-refractivity contribution in [3.8, 4) is 0 Å². The lowest BCUT2D eigenvalue weighted by atomic mass is 10.1. The van der Waals surface area contributed by atoms with Crippen molar-refractivity contribution in [2.75, 3.05) is 10.6 Å². The number of amides is 1. The maximum absolute atomic E-state index is 12.8. The highest BCUT2D eigenvalue weighted by Gasteiger charge is 2.10. The number of anilines is 2. The molecule has 1 aromatic carbocycles. The van der Waals surface area contributed by atoms with Crippen molar-refractivity contribution in [3.63, 3.8) is 0 Å². The van der Waals surface area contributed by atoms with Crippen LogP contribution in [0.5, 0.6) is 0 Å². The molecular formula is C16H18FN3O. The summed E-state index contributed by atoms with van der Waals surface area (Å²) in [6.07, 6.45) is 1.66. The van der Waals surface area contributed by atoms with E-state index in [4.69, 9.17) is 0 Å². The summed E-state index contributed by atoms with van der Waals surface area (Å²) in [6, 6.07) is 8.92. The Morgan fingerprint density at radius 1 is 1.10 bits per heavy atom. The van der Waals surface area contributed by atoms with Gasteiger partial charge < -0.3 is 10.6 Å². The fourth-order valence-corrected chi connectivity index (χ4v) is 1.76. The summed E-state index contributed by atoms with van der Waals surface area (Å²) >= 11 is 0. The molecular weight excluding hydrogens is 269 g/mol. The van der Waals surface area contributed by atoms with E-state index in [1.54, 1.807) is 12.3 Å². The Hall–Kier alpha value is -2.43. The minimum atomic E-state index is -0.373. The van der Waals surface area contributed by atoms with Crippen molar-refractivity contribution >= 4 is 17.4 Å². The number of nitrogens with zero attached hydrogens (tertiary/aromatic N) is 1. The number of hydrogen-bond acceptors (Lipinski definition) is 3. The zero-order valence-electron chi connectivity index (χ0n) is 12.3.